The van der Waals surface area contributed by atoms with E-state index in [9.17, 15) is 4.79 Å². The van der Waals surface area contributed by atoms with Crippen molar-refractivity contribution in [1.29, 1.82) is 0 Å². The van der Waals surface area contributed by atoms with Gasteiger partial charge in [-0.05, 0) is 51.8 Å². The molecular weight excluding hydrogens is 503 g/mol. The number of rotatable bonds is 8. The van der Waals surface area contributed by atoms with Crippen LogP contribution in [0.3, 0.4) is 0 Å². The lowest BCUT2D eigenvalue weighted by Gasteiger charge is -2.35. The molecule has 2 aromatic carbocycles. The smallest absolute Gasteiger partial charge is 0.222 e. The molecule has 0 bridgehead atoms. The molecule has 0 saturated carbocycles. The first-order valence-corrected chi connectivity index (χ1v) is 13.6. The Bertz CT molecular complexity index is 1160. The van der Waals surface area contributed by atoms with Crippen LogP contribution in [0.25, 0.3) is 17.1 Å². The van der Waals surface area contributed by atoms with Crippen molar-refractivity contribution < 1.29 is 9.53 Å². The molecule has 2 atom stereocenters. The van der Waals surface area contributed by atoms with Crippen LogP contribution in [0.4, 0.5) is 0 Å². The van der Waals surface area contributed by atoms with Crippen LogP contribution in [-0.2, 0) is 9.53 Å². The Hall–Kier alpha value is -2.06. The van der Waals surface area contributed by atoms with Crippen LogP contribution < -0.4 is 0 Å². The van der Waals surface area contributed by atoms with Gasteiger partial charge in [0.25, 0.3) is 0 Å². The lowest BCUT2D eigenvalue weighted by Crippen LogP contribution is -2.48. The molecule has 1 aromatic heterocycles. The van der Waals surface area contributed by atoms with Crippen LogP contribution in [0.15, 0.2) is 47.6 Å². The lowest BCUT2D eigenvalue weighted by molar-refractivity contribution is -0.143. The van der Waals surface area contributed by atoms with E-state index in [0.29, 0.717) is 29.6 Å². The molecule has 3 aromatic rings. The minimum Gasteiger partial charge on any atom is -0.372 e. The van der Waals surface area contributed by atoms with E-state index in [1.165, 1.54) is 5.56 Å². The predicted octanol–water partition coefficient (Wildman–Crippen LogP) is 6.45. The third-order valence-corrected chi connectivity index (χ3v) is 7.65. The first-order chi connectivity index (χ1) is 16.8. The molecule has 2 heterocycles. The number of aromatic nitrogens is 3. The maximum atomic E-state index is 12.6. The molecule has 35 heavy (non-hydrogen) atoms. The molecule has 0 spiro atoms. The number of morpholine rings is 1. The summed E-state index contributed by atoms with van der Waals surface area (Å²) in [4.78, 5) is 14.6. The van der Waals surface area contributed by atoms with Gasteiger partial charge in [-0.3, -0.25) is 9.36 Å². The highest BCUT2D eigenvalue weighted by Crippen LogP contribution is 2.32. The van der Waals surface area contributed by atoms with Gasteiger partial charge in [-0.25, -0.2) is 0 Å². The number of benzene rings is 2. The van der Waals surface area contributed by atoms with E-state index in [1.807, 2.05) is 47.6 Å². The molecular formula is C26H30Cl2N4O2S. The molecule has 4 rings (SSSR count). The van der Waals surface area contributed by atoms with Crippen molar-refractivity contribution in [3.63, 3.8) is 0 Å². The third kappa shape index (κ3) is 6.58. The van der Waals surface area contributed by atoms with Crippen molar-refractivity contribution in [2.45, 2.75) is 57.4 Å². The Balaban J connectivity index is 1.42. The molecule has 1 fully saturated rings. The SMILES string of the molecule is Cc1ccc(-c2nnc(SCCCCC(=O)N3CC(C)OC(C)C3)n2-c2ccc(Cl)c(Cl)c2)cc1. The molecule has 1 aliphatic rings. The van der Waals surface area contributed by atoms with E-state index >= 15 is 0 Å². The summed E-state index contributed by atoms with van der Waals surface area (Å²) in [7, 11) is 0. The number of hydrogen-bond acceptors (Lipinski definition) is 5. The van der Waals surface area contributed by atoms with Crippen molar-refractivity contribution in [1.82, 2.24) is 19.7 Å². The molecule has 9 heteroatoms. The van der Waals surface area contributed by atoms with Crippen molar-refractivity contribution in [2.75, 3.05) is 18.8 Å². The Kier molecular flexibility index (Phi) is 8.76. The van der Waals surface area contributed by atoms with Gasteiger partial charge in [-0.15, -0.1) is 10.2 Å². The third-order valence-electron chi connectivity index (χ3n) is 5.89. The number of carbonyl (C=O) groups is 1. The fraction of sp³-hybridized carbons (Fsp3) is 0.423. The van der Waals surface area contributed by atoms with Crippen LogP contribution >= 0.6 is 35.0 Å². The second-order valence-electron chi connectivity index (χ2n) is 8.97. The van der Waals surface area contributed by atoms with E-state index < -0.39 is 0 Å². The Labute approximate surface area is 221 Å². The Morgan fingerprint density at radius 3 is 2.43 bits per heavy atom. The van der Waals surface area contributed by atoms with E-state index in [-0.39, 0.29) is 18.1 Å². The molecule has 0 N–H and O–H groups in total. The van der Waals surface area contributed by atoms with Crippen LogP contribution in [0.2, 0.25) is 10.0 Å². The lowest BCUT2D eigenvalue weighted by atomic mass is 10.1. The van der Waals surface area contributed by atoms with Gasteiger partial charge in [0.15, 0.2) is 11.0 Å². The number of halogens is 2. The highest BCUT2D eigenvalue weighted by atomic mass is 35.5. The van der Waals surface area contributed by atoms with E-state index in [4.69, 9.17) is 27.9 Å². The van der Waals surface area contributed by atoms with Gasteiger partial charge in [0.05, 0.1) is 27.9 Å². The highest BCUT2D eigenvalue weighted by Gasteiger charge is 2.25. The summed E-state index contributed by atoms with van der Waals surface area (Å²) in [6, 6.07) is 13.7. The van der Waals surface area contributed by atoms with Gasteiger partial charge in [-0.2, -0.15) is 0 Å². The number of unbranched alkanes of at least 4 members (excludes halogenated alkanes) is 1. The molecule has 6 nitrogen and oxygen atoms in total. The summed E-state index contributed by atoms with van der Waals surface area (Å²) in [5.74, 6) is 1.78. The molecule has 0 radical (unpaired) electrons. The fourth-order valence-electron chi connectivity index (χ4n) is 4.19. The largest absolute Gasteiger partial charge is 0.372 e. The summed E-state index contributed by atoms with van der Waals surface area (Å²) >= 11 is 14.1. The zero-order valence-corrected chi connectivity index (χ0v) is 22.5. The van der Waals surface area contributed by atoms with Crippen LogP contribution in [0, 0.1) is 6.92 Å². The number of hydrogen-bond donors (Lipinski definition) is 0. The van der Waals surface area contributed by atoms with Crippen molar-refractivity contribution >= 4 is 40.9 Å². The second kappa shape index (κ2) is 11.8. The average Bonchev–Trinajstić information content (AvgIpc) is 3.24. The molecule has 0 aliphatic carbocycles. The molecule has 186 valence electrons. The summed E-state index contributed by atoms with van der Waals surface area (Å²) in [6.07, 6.45) is 2.47. The number of carbonyl (C=O) groups excluding carboxylic acids is 1. The average molecular weight is 534 g/mol. The summed E-state index contributed by atoms with van der Waals surface area (Å²) in [5, 5.41) is 10.7. The maximum Gasteiger partial charge on any atom is 0.222 e. The quantitative estimate of drug-likeness (QED) is 0.246. The van der Waals surface area contributed by atoms with Gasteiger partial charge in [0.2, 0.25) is 5.91 Å². The molecule has 2 unspecified atom stereocenters. The van der Waals surface area contributed by atoms with E-state index in [2.05, 4.69) is 29.3 Å². The zero-order valence-electron chi connectivity index (χ0n) is 20.2. The topological polar surface area (TPSA) is 60.3 Å². The monoisotopic (exact) mass is 532 g/mol. The molecule has 1 amide bonds. The predicted molar refractivity (Wildman–Crippen MR) is 143 cm³/mol. The maximum absolute atomic E-state index is 12.6. The highest BCUT2D eigenvalue weighted by molar-refractivity contribution is 7.99. The second-order valence-corrected chi connectivity index (χ2v) is 10.8. The van der Waals surface area contributed by atoms with Crippen LogP contribution in [0.5, 0.6) is 0 Å². The Morgan fingerprint density at radius 2 is 1.74 bits per heavy atom. The minimum atomic E-state index is 0.0914. The number of thioether (sulfide) groups is 1. The summed E-state index contributed by atoms with van der Waals surface area (Å²) in [6.45, 7) is 7.43. The molecule has 1 saturated heterocycles. The van der Waals surface area contributed by atoms with Crippen molar-refractivity contribution in [2.24, 2.45) is 0 Å². The number of nitrogens with zero attached hydrogens (tertiary/aromatic N) is 4. The zero-order chi connectivity index (χ0) is 24.9. The summed E-state index contributed by atoms with van der Waals surface area (Å²) < 4.78 is 7.74. The molecule has 1 aliphatic heterocycles. The number of ether oxygens (including phenoxy) is 1. The van der Waals surface area contributed by atoms with Crippen molar-refractivity contribution in [3.05, 3.63) is 58.1 Å². The fourth-order valence-corrected chi connectivity index (χ4v) is 5.43. The van der Waals surface area contributed by atoms with E-state index in [0.717, 1.165) is 40.8 Å². The van der Waals surface area contributed by atoms with E-state index in [1.54, 1.807) is 17.8 Å². The first-order valence-electron chi connectivity index (χ1n) is 11.9. The first kappa shape index (κ1) is 26.0. The number of amides is 1. The van der Waals surface area contributed by atoms with Crippen molar-refractivity contribution in [3.8, 4) is 17.1 Å². The van der Waals surface area contributed by atoms with Crippen LogP contribution in [0.1, 0.15) is 38.7 Å². The van der Waals surface area contributed by atoms with Gasteiger partial charge in [0, 0.05) is 30.8 Å². The minimum absolute atomic E-state index is 0.0914. The van der Waals surface area contributed by atoms with Gasteiger partial charge in [-0.1, -0.05) is 64.8 Å². The standard InChI is InChI=1S/C26H30Cl2N4O2S/c1-17-7-9-20(10-8-17)25-29-30-26(32(25)21-11-12-22(27)23(28)14-21)35-13-5-4-6-24(33)31-15-18(2)34-19(3)16-31/h7-12,14,18-19H,4-6,13,15-16H2,1-3H3. The Morgan fingerprint density at radius 1 is 1.03 bits per heavy atom. The number of aryl methyl sites for hydroxylation is 1. The van der Waals surface area contributed by atoms with Gasteiger partial charge in [0.1, 0.15) is 0 Å². The normalized spacial score (nSPS) is 18.1. The van der Waals surface area contributed by atoms with Gasteiger partial charge < -0.3 is 9.64 Å². The van der Waals surface area contributed by atoms with Crippen LogP contribution in [-0.4, -0.2) is 56.6 Å². The summed E-state index contributed by atoms with van der Waals surface area (Å²) in [5.41, 5.74) is 3.01. The van der Waals surface area contributed by atoms with Gasteiger partial charge >= 0.3 is 0 Å².